The molecule has 5 heteroatoms. The smallest absolute Gasteiger partial charge is 0.111 e. The molecule has 1 saturated heterocycles. The van der Waals surface area contributed by atoms with Crippen molar-refractivity contribution in [3.8, 4) is 6.07 Å². The van der Waals surface area contributed by atoms with Crippen molar-refractivity contribution in [2.45, 2.75) is 19.5 Å². The zero-order valence-electron chi connectivity index (χ0n) is 11.9. The van der Waals surface area contributed by atoms with Crippen molar-refractivity contribution in [2.24, 2.45) is 0 Å². The fourth-order valence-corrected chi connectivity index (χ4v) is 2.98. The van der Waals surface area contributed by atoms with Gasteiger partial charge in [-0.15, -0.1) is 0 Å². The van der Waals surface area contributed by atoms with Gasteiger partial charge >= 0.3 is 0 Å². The number of piperazine rings is 1. The van der Waals surface area contributed by atoms with Crippen molar-refractivity contribution < 1.29 is 0 Å². The van der Waals surface area contributed by atoms with Crippen LogP contribution < -0.4 is 5.32 Å². The van der Waals surface area contributed by atoms with Crippen LogP contribution in [0.3, 0.4) is 0 Å². The van der Waals surface area contributed by atoms with Crippen molar-refractivity contribution in [3.05, 3.63) is 40.5 Å². The van der Waals surface area contributed by atoms with E-state index in [-0.39, 0.29) is 6.04 Å². The first kappa shape index (κ1) is 14.3. The molecule has 21 heavy (non-hydrogen) atoms. The van der Waals surface area contributed by atoms with Crippen LogP contribution in [0.5, 0.6) is 0 Å². The van der Waals surface area contributed by atoms with Crippen molar-refractivity contribution >= 4 is 22.5 Å². The Labute approximate surface area is 129 Å². The summed E-state index contributed by atoms with van der Waals surface area (Å²) in [5, 5.41) is 14.3. The standard InChI is InChI=1S/C16H17ClN4/c1-11-13-4-2-3-5-14(13)20-15(16(11)17)10-21-7-6-19-9-12(21)8-18/h2-5,12,19H,6-7,9-10H2,1H3. The van der Waals surface area contributed by atoms with E-state index in [0.29, 0.717) is 18.1 Å². The molecule has 1 aromatic carbocycles. The van der Waals surface area contributed by atoms with Gasteiger partial charge in [-0.3, -0.25) is 4.90 Å². The number of pyridine rings is 1. The Balaban J connectivity index is 1.97. The summed E-state index contributed by atoms with van der Waals surface area (Å²) in [7, 11) is 0. The topological polar surface area (TPSA) is 52.0 Å². The minimum absolute atomic E-state index is 0.122. The molecule has 1 aromatic heterocycles. The number of nitrogens with zero attached hydrogens (tertiary/aromatic N) is 3. The molecule has 0 aliphatic carbocycles. The maximum Gasteiger partial charge on any atom is 0.111 e. The van der Waals surface area contributed by atoms with E-state index < -0.39 is 0 Å². The van der Waals surface area contributed by atoms with Gasteiger partial charge in [-0.2, -0.15) is 5.26 Å². The Morgan fingerprint density at radius 3 is 3.10 bits per heavy atom. The van der Waals surface area contributed by atoms with Crippen LogP contribution in [0.4, 0.5) is 0 Å². The summed E-state index contributed by atoms with van der Waals surface area (Å²) in [5.74, 6) is 0. The normalized spacial score (nSPS) is 19.6. The van der Waals surface area contributed by atoms with Gasteiger partial charge in [0, 0.05) is 31.6 Å². The Bertz CT molecular complexity index is 707. The maximum atomic E-state index is 9.25. The van der Waals surface area contributed by atoms with E-state index in [9.17, 15) is 5.26 Å². The molecule has 2 heterocycles. The van der Waals surface area contributed by atoms with Crippen LogP contribution in [0.25, 0.3) is 10.9 Å². The molecule has 0 bridgehead atoms. The highest BCUT2D eigenvalue weighted by molar-refractivity contribution is 6.32. The largest absolute Gasteiger partial charge is 0.313 e. The third-order valence-corrected chi connectivity index (χ3v) is 4.50. The van der Waals surface area contributed by atoms with Gasteiger partial charge in [-0.1, -0.05) is 29.8 Å². The number of hydrogen-bond donors (Lipinski definition) is 1. The number of aromatic nitrogens is 1. The molecule has 3 rings (SSSR count). The number of para-hydroxylation sites is 1. The van der Waals surface area contributed by atoms with E-state index in [0.717, 1.165) is 35.2 Å². The van der Waals surface area contributed by atoms with Crippen LogP contribution in [0.1, 0.15) is 11.3 Å². The van der Waals surface area contributed by atoms with Gasteiger partial charge in [0.2, 0.25) is 0 Å². The number of benzene rings is 1. The van der Waals surface area contributed by atoms with Gasteiger partial charge < -0.3 is 5.32 Å². The Hall–Kier alpha value is -1.67. The first-order valence-electron chi connectivity index (χ1n) is 7.09. The Kier molecular flexibility index (Phi) is 4.07. The molecule has 0 amide bonds. The molecular weight excluding hydrogens is 284 g/mol. The molecule has 1 aliphatic rings. The molecule has 1 unspecified atom stereocenters. The summed E-state index contributed by atoms with van der Waals surface area (Å²) in [6.45, 7) is 5.06. The number of nitrogens with one attached hydrogen (secondary N) is 1. The van der Waals surface area contributed by atoms with Gasteiger partial charge in [0.15, 0.2) is 0 Å². The molecular formula is C16H17ClN4. The molecule has 1 fully saturated rings. The van der Waals surface area contributed by atoms with Gasteiger partial charge in [0.25, 0.3) is 0 Å². The Morgan fingerprint density at radius 2 is 2.29 bits per heavy atom. The highest BCUT2D eigenvalue weighted by Crippen LogP contribution is 2.28. The van der Waals surface area contributed by atoms with Gasteiger partial charge in [0.1, 0.15) is 6.04 Å². The molecule has 1 atom stereocenters. The van der Waals surface area contributed by atoms with Crippen LogP contribution in [-0.4, -0.2) is 35.6 Å². The van der Waals surface area contributed by atoms with Crippen molar-refractivity contribution in [1.29, 1.82) is 5.26 Å². The van der Waals surface area contributed by atoms with E-state index in [1.54, 1.807) is 0 Å². The van der Waals surface area contributed by atoms with E-state index in [2.05, 4.69) is 16.3 Å². The van der Waals surface area contributed by atoms with Crippen LogP contribution in [-0.2, 0) is 6.54 Å². The van der Waals surface area contributed by atoms with E-state index in [1.165, 1.54) is 0 Å². The number of halogens is 1. The fraction of sp³-hybridized carbons (Fsp3) is 0.375. The van der Waals surface area contributed by atoms with Crippen molar-refractivity contribution in [1.82, 2.24) is 15.2 Å². The predicted octanol–water partition coefficient (Wildman–Crippen LogP) is 2.49. The van der Waals surface area contributed by atoms with Gasteiger partial charge in [-0.05, 0) is 18.6 Å². The maximum absolute atomic E-state index is 9.25. The molecule has 4 nitrogen and oxygen atoms in total. The van der Waals surface area contributed by atoms with Crippen molar-refractivity contribution in [3.63, 3.8) is 0 Å². The van der Waals surface area contributed by atoms with Crippen molar-refractivity contribution in [2.75, 3.05) is 19.6 Å². The zero-order valence-corrected chi connectivity index (χ0v) is 12.7. The molecule has 0 spiro atoms. The third-order valence-electron chi connectivity index (χ3n) is 4.00. The third kappa shape index (κ3) is 2.73. The summed E-state index contributed by atoms with van der Waals surface area (Å²) < 4.78 is 0. The van der Waals surface area contributed by atoms with Crippen LogP contribution in [0, 0.1) is 18.3 Å². The Morgan fingerprint density at radius 1 is 1.48 bits per heavy atom. The summed E-state index contributed by atoms with van der Waals surface area (Å²) >= 11 is 6.49. The monoisotopic (exact) mass is 300 g/mol. The number of rotatable bonds is 2. The summed E-state index contributed by atoms with van der Waals surface area (Å²) in [5.41, 5.74) is 2.87. The number of fused-ring (bicyclic) bond motifs is 1. The highest BCUT2D eigenvalue weighted by atomic mass is 35.5. The highest BCUT2D eigenvalue weighted by Gasteiger charge is 2.23. The van der Waals surface area contributed by atoms with Crippen LogP contribution in [0.15, 0.2) is 24.3 Å². The molecule has 1 N–H and O–H groups in total. The van der Waals surface area contributed by atoms with E-state index in [1.807, 2.05) is 31.2 Å². The second-order valence-electron chi connectivity index (χ2n) is 5.33. The second-order valence-corrected chi connectivity index (χ2v) is 5.71. The zero-order chi connectivity index (χ0) is 14.8. The average Bonchev–Trinajstić information content (AvgIpc) is 2.53. The first-order valence-corrected chi connectivity index (χ1v) is 7.46. The SMILES string of the molecule is Cc1c(Cl)c(CN2CCNCC2C#N)nc2ccccc12. The minimum atomic E-state index is -0.122. The fourth-order valence-electron chi connectivity index (χ4n) is 2.78. The molecule has 108 valence electrons. The minimum Gasteiger partial charge on any atom is -0.313 e. The lowest BCUT2D eigenvalue weighted by molar-refractivity contribution is 0.187. The summed E-state index contributed by atoms with van der Waals surface area (Å²) in [4.78, 5) is 6.83. The summed E-state index contributed by atoms with van der Waals surface area (Å²) in [6, 6.07) is 10.2. The lowest BCUT2D eigenvalue weighted by atomic mass is 10.1. The van der Waals surface area contributed by atoms with Crippen LogP contribution >= 0.6 is 11.6 Å². The first-order chi connectivity index (χ1) is 10.2. The average molecular weight is 301 g/mol. The number of hydrogen-bond acceptors (Lipinski definition) is 4. The lowest BCUT2D eigenvalue weighted by Gasteiger charge is -2.31. The van der Waals surface area contributed by atoms with E-state index in [4.69, 9.17) is 16.6 Å². The number of nitriles is 1. The molecule has 0 radical (unpaired) electrons. The predicted molar refractivity (Wildman–Crippen MR) is 84.2 cm³/mol. The number of aryl methyl sites for hydroxylation is 1. The van der Waals surface area contributed by atoms with E-state index >= 15 is 0 Å². The molecule has 1 aliphatic heterocycles. The van der Waals surface area contributed by atoms with Crippen LogP contribution in [0.2, 0.25) is 5.02 Å². The second kappa shape index (κ2) is 5.98. The van der Waals surface area contributed by atoms with Gasteiger partial charge in [-0.25, -0.2) is 4.98 Å². The lowest BCUT2D eigenvalue weighted by Crippen LogP contribution is -2.50. The molecule has 2 aromatic rings. The summed E-state index contributed by atoms with van der Waals surface area (Å²) in [6.07, 6.45) is 0. The quantitative estimate of drug-likeness (QED) is 0.926. The van der Waals surface area contributed by atoms with Gasteiger partial charge in [0.05, 0.1) is 22.3 Å². The molecule has 0 saturated carbocycles.